The number of thioether (sulfide) groups is 1. The fourth-order valence-corrected chi connectivity index (χ4v) is 15.8. The van der Waals surface area contributed by atoms with Gasteiger partial charge in [-0.3, -0.25) is 0 Å². The van der Waals surface area contributed by atoms with E-state index in [0.717, 1.165) is 12.1 Å². The number of hydrogen-bond donors (Lipinski definition) is 0. The fourth-order valence-electron chi connectivity index (χ4n) is 14.5. The lowest BCUT2D eigenvalue weighted by Crippen LogP contribution is -2.15. The predicted molar refractivity (Wildman–Crippen MR) is 320 cm³/mol. The topological polar surface area (TPSA) is 14.8 Å². The first-order chi connectivity index (χ1) is 37.2. The Hall–Kier alpha value is -8.57. The number of nitrogens with zero attached hydrogens (tertiary/aromatic N) is 3. The predicted octanol–water partition coefficient (Wildman–Crippen LogP) is 18.7. The number of rotatable bonds is 4. The molecule has 3 nitrogen and oxygen atoms in total. The largest absolute Gasteiger partial charge is 0.313 e. The highest BCUT2D eigenvalue weighted by atomic mass is 32.2. The van der Waals surface area contributed by atoms with Crippen LogP contribution >= 0.6 is 11.8 Å². The lowest BCUT2D eigenvalue weighted by atomic mass is 9.82. The van der Waals surface area contributed by atoms with Crippen molar-refractivity contribution in [1.29, 1.82) is 0 Å². The van der Waals surface area contributed by atoms with Gasteiger partial charge in [-0.05, 0) is 158 Å². The second kappa shape index (κ2) is 15.1. The van der Waals surface area contributed by atoms with Gasteiger partial charge in [-0.1, -0.05) is 155 Å². The van der Waals surface area contributed by atoms with Crippen molar-refractivity contribution < 1.29 is 0 Å². The Bertz CT molecular complexity index is 4730. The molecule has 0 N–H and O–H groups in total. The highest BCUT2D eigenvalue weighted by Gasteiger charge is 2.40. The Morgan fingerprint density at radius 1 is 0.368 bits per heavy atom. The Balaban J connectivity index is 0.813. The van der Waals surface area contributed by atoms with Gasteiger partial charge in [0.05, 0.1) is 27.6 Å². The van der Waals surface area contributed by atoms with Gasteiger partial charge in [-0.25, -0.2) is 0 Å². The summed E-state index contributed by atoms with van der Waals surface area (Å²) in [5.41, 5.74) is 28.5. The molecule has 0 fully saturated rings. The molecule has 3 aliphatic carbocycles. The number of benzene rings is 10. The molecule has 0 bridgehead atoms. The maximum absolute atomic E-state index is 2.60. The van der Waals surface area contributed by atoms with Crippen LogP contribution in [0.3, 0.4) is 0 Å². The zero-order valence-corrected chi connectivity index (χ0v) is 43.6. The molecular formula is C72H51N3S. The first kappa shape index (κ1) is 42.8. The van der Waals surface area contributed by atoms with E-state index in [1.165, 1.54) is 149 Å². The van der Waals surface area contributed by atoms with Gasteiger partial charge in [0.15, 0.2) is 0 Å². The van der Waals surface area contributed by atoms with E-state index in [-0.39, 0.29) is 10.8 Å². The monoisotopic (exact) mass is 989 g/mol. The summed E-state index contributed by atoms with van der Waals surface area (Å²) in [5.74, 6) is 0. The number of aromatic nitrogens is 3. The summed E-state index contributed by atoms with van der Waals surface area (Å²) in [4.78, 5) is 1.40. The molecular weight excluding hydrogens is 939 g/mol. The molecule has 4 heteroatoms. The van der Waals surface area contributed by atoms with Gasteiger partial charge >= 0.3 is 0 Å². The summed E-state index contributed by atoms with van der Waals surface area (Å²) in [6.07, 6.45) is 3.52. The van der Waals surface area contributed by atoms with Crippen LogP contribution in [0.25, 0.3) is 117 Å². The molecule has 13 aromatic rings. The quantitative estimate of drug-likeness (QED) is 0.171. The molecule has 0 saturated carbocycles. The number of fused-ring (bicyclic) bond motifs is 18. The summed E-state index contributed by atoms with van der Waals surface area (Å²) in [7, 11) is 0. The standard InChI is InChI=1S/C72H51N3S/c1-71(2)59-22-12-8-18-47(59)51-34-53-55-36-58-50-21-11-15-25-69(50)76-70(58)41-68(55)75(66(53)39-61(51)71)46-32-28-43(29-33-46)42-26-30-45(31-27-42)74-65-37-56-49-20-10-14-24-63(49)73(44-16-6-5-7-17-44)64(56)38-57(65)54-35-52-48-19-9-13-23-60(48)72(3,4)62(52)40-67(54)74/h5-40,70H,41H2,1-4H3. The van der Waals surface area contributed by atoms with Gasteiger partial charge in [0, 0.05) is 82.6 Å². The fraction of sp³-hybridized carbons (Fsp3) is 0.111. The molecule has 3 aromatic heterocycles. The normalized spacial score (nSPS) is 16.2. The maximum atomic E-state index is 2.60. The Morgan fingerprint density at radius 3 is 1.50 bits per heavy atom. The summed E-state index contributed by atoms with van der Waals surface area (Å²) < 4.78 is 7.57. The zero-order chi connectivity index (χ0) is 50.3. The van der Waals surface area contributed by atoms with Crippen LogP contribution in [-0.4, -0.2) is 19.0 Å². The molecule has 10 aromatic carbocycles. The van der Waals surface area contributed by atoms with E-state index >= 15 is 0 Å². The van der Waals surface area contributed by atoms with E-state index in [0.29, 0.717) is 5.25 Å². The van der Waals surface area contributed by atoms with Crippen molar-refractivity contribution in [3.63, 3.8) is 0 Å². The highest BCUT2D eigenvalue weighted by Crippen LogP contribution is 2.55. The molecule has 76 heavy (non-hydrogen) atoms. The molecule has 1 atom stereocenters. The van der Waals surface area contributed by atoms with Crippen molar-refractivity contribution in [2.45, 2.75) is 55.1 Å². The lowest BCUT2D eigenvalue weighted by molar-refractivity contribution is 0.661. The van der Waals surface area contributed by atoms with Crippen molar-refractivity contribution in [3.05, 3.63) is 251 Å². The minimum Gasteiger partial charge on any atom is -0.313 e. The van der Waals surface area contributed by atoms with Crippen LogP contribution in [0.4, 0.5) is 0 Å². The molecule has 0 saturated heterocycles. The third-order valence-electron chi connectivity index (χ3n) is 18.2. The molecule has 4 aliphatic rings. The van der Waals surface area contributed by atoms with Gasteiger partial charge < -0.3 is 13.7 Å². The van der Waals surface area contributed by atoms with Crippen LogP contribution in [0.1, 0.15) is 66.8 Å². The van der Waals surface area contributed by atoms with E-state index in [4.69, 9.17) is 0 Å². The second-order valence-corrected chi connectivity index (χ2v) is 24.0. The Labute approximate surface area is 446 Å². The van der Waals surface area contributed by atoms with Gasteiger partial charge in [0.25, 0.3) is 0 Å². The molecule has 1 aliphatic heterocycles. The van der Waals surface area contributed by atoms with Gasteiger partial charge in [0.1, 0.15) is 0 Å². The van der Waals surface area contributed by atoms with Crippen LogP contribution in [0.15, 0.2) is 217 Å². The zero-order valence-electron chi connectivity index (χ0n) is 42.8. The molecule has 360 valence electrons. The Morgan fingerprint density at radius 2 is 0.842 bits per heavy atom. The van der Waals surface area contributed by atoms with Crippen molar-refractivity contribution in [1.82, 2.24) is 13.7 Å². The van der Waals surface area contributed by atoms with E-state index in [9.17, 15) is 0 Å². The molecule has 0 spiro atoms. The Kier molecular flexibility index (Phi) is 8.47. The molecule has 4 heterocycles. The SMILES string of the molecule is CC1(C)c2ccccc2-c2cc3c4c(n(-c5ccc(-c6ccc(-n7c8cc9c(cc8c8cc%10c(cc87)c7ccccc7n%10-c7ccccc7)-c7ccccc7C9(C)C)cc6)cc5)c3cc21)CC1Sc2ccccc2C1=C4. The molecule has 0 radical (unpaired) electrons. The number of hydrogen-bond acceptors (Lipinski definition) is 1. The van der Waals surface area contributed by atoms with Gasteiger partial charge in [-0.2, -0.15) is 0 Å². The summed E-state index contributed by atoms with van der Waals surface area (Å²) in [6.45, 7) is 9.57. The van der Waals surface area contributed by atoms with E-state index < -0.39 is 0 Å². The third kappa shape index (κ3) is 5.64. The lowest BCUT2D eigenvalue weighted by Gasteiger charge is -2.22. The van der Waals surface area contributed by atoms with Crippen molar-refractivity contribution in [2.75, 3.05) is 0 Å². The van der Waals surface area contributed by atoms with Crippen molar-refractivity contribution in [2.24, 2.45) is 0 Å². The van der Waals surface area contributed by atoms with E-state index in [1.807, 2.05) is 11.8 Å². The minimum absolute atomic E-state index is 0.0910. The average molecular weight is 990 g/mol. The number of para-hydroxylation sites is 2. The van der Waals surface area contributed by atoms with E-state index in [2.05, 4.69) is 260 Å². The smallest absolute Gasteiger partial charge is 0.0548 e. The van der Waals surface area contributed by atoms with Crippen LogP contribution in [0.2, 0.25) is 0 Å². The van der Waals surface area contributed by atoms with Gasteiger partial charge in [0.2, 0.25) is 0 Å². The molecule has 17 rings (SSSR count). The highest BCUT2D eigenvalue weighted by molar-refractivity contribution is 8.00. The van der Waals surface area contributed by atoms with Gasteiger partial charge in [-0.15, -0.1) is 11.8 Å². The molecule has 0 amide bonds. The summed E-state index contributed by atoms with van der Waals surface area (Å²) >= 11 is 2.03. The first-order valence-corrected chi connectivity index (χ1v) is 27.8. The minimum atomic E-state index is -0.127. The van der Waals surface area contributed by atoms with Crippen molar-refractivity contribution in [3.8, 4) is 50.4 Å². The van der Waals surface area contributed by atoms with Crippen LogP contribution in [0.5, 0.6) is 0 Å². The second-order valence-electron chi connectivity index (χ2n) is 22.8. The first-order valence-electron chi connectivity index (χ1n) is 26.9. The van der Waals surface area contributed by atoms with Crippen LogP contribution < -0.4 is 0 Å². The third-order valence-corrected chi connectivity index (χ3v) is 19.5. The summed E-state index contributed by atoms with van der Waals surface area (Å²) in [6, 6.07) is 80.4. The average Bonchev–Trinajstić information content (AvgIpc) is 4.39. The van der Waals surface area contributed by atoms with Crippen LogP contribution in [-0.2, 0) is 17.3 Å². The summed E-state index contributed by atoms with van der Waals surface area (Å²) in [5, 5.41) is 6.78. The van der Waals surface area contributed by atoms with E-state index in [1.54, 1.807) is 0 Å². The maximum Gasteiger partial charge on any atom is 0.0548 e. The molecule has 1 unspecified atom stereocenters. The van der Waals surface area contributed by atoms with Crippen LogP contribution in [0, 0.1) is 0 Å². The van der Waals surface area contributed by atoms with Crippen molar-refractivity contribution >= 4 is 77.9 Å².